The Hall–Kier alpha value is -1.39. The number of rotatable bonds is 1. The van der Waals surface area contributed by atoms with Crippen molar-refractivity contribution in [3.05, 3.63) is 30.0 Å². The molecule has 3 rings (SSSR count). The third kappa shape index (κ3) is 1.42. The van der Waals surface area contributed by atoms with Crippen molar-refractivity contribution in [1.82, 2.24) is 9.78 Å². The molecule has 0 spiro atoms. The van der Waals surface area contributed by atoms with Gasteiger partial charge in [0.15, 0.2) is 0 Å². The van der Waals surface area contributed by atoms with Gasteiger partial charge in [-0.25, -0.2) is 0 Å². The molecule has 2 aromatic rings. The number of hydrogen-bond acceptors (Lipinski definition) is 2. The van der Waals surface area contributed by atoms with E-state index in [0.29, 0.717) is 0 Å². The zero-order chi connectivity index (χ0) is 11.0. The quantitative estimate of drug-likeness (QED) is 0.767. The molecule has 84 valence electrons. The van der Waals surface area contributed by atoms with Crippen molar-refractivity contribution in [3.8, 4) is 0 Å². The second-order valence-corrected chi connectivity index (χ2v) is 4.13. The van der Waals surface area contributed by atoms with E-state index >= 15 is 0 Å². The van der Waals surface area contributed by atoms with Crippen LogP contribution in [0, 0.1) is 0 Å². The van der Waals surface area contributed by atoms with E-state index < -0.39 is 0 Å². The van der Waals surface area contributed by atoms with E-state index in [-0.39, 0.29) is 6.10 Å². The number of hydrogen-bond donors (Lipinski definition) is 1. The monoisotopic (exact) mass is 218 g/mol. The molecule has 1 unspecified atom stereocenters. The van der Waals surface area contributed by atoms with E-state index in [4.69, 9.17) is 4.74 Å². The summed E-state index contributed by atoms with van der Waals surface area (Å²) in [5.74, 6) is 0. The summed E-state index contributed by atoms with van der Waals surface area (Å²) in [5, 5.41) is 5.83. The molecule has 1 aliphatic heterocycles. The van der Waals surface area contributed by atoms with Crippen molar-refractivity contribution in [2.24, 2.45) is 0 Å². The minimum absolute atomic E-state index is 0.0925. The van der Waals surface area contributed by atoms with Crippen molar-refractivity contribution in [2.45, 2.75) is 19.1 Å². The van der Waals surface area contributed by atoms with Gasteiger partial charge >= 0.3 is 0 Å². The summed E-state index contributed by atoms with van der Waals surface area (Å²) in [7, 11) is 0. The van der Waals surface area contributed by atoms with Gasteiger partial charge in [-0.05, 0) is 12.5 Å². The van der Waals surface area contributed by atoms with E-state index in [1.54, 1.807) is 0 Å². The van der Waals surface area contributed by atoms with Gasteiger partial charge in [0.25, 0.3) is 0 Å². The SMILES string of the molecule is [NH3+]CC1OCCCn2nc3ccccc3c21. The number of benzene rings is 1. The Morgan fingerprint density at radius 1 is 1.44 bits per heavy atom. The highest BCUT2D eigenvalue weighted by molar-refractivity contribution is 5.81. The van der Waals surface area contributed by atoms with Crippen LogP contribution in [0.4, 0.5) is 0 Å². The van der Waals surface area contributed by atoms with Gasteiger partial charge in [-0.15, -0.1) is 0 Å². The van der Waals surface area contributed by atoms with Crippen LogP contribution in [0.15, 0.2) is 24.3 Å². The van der Waals surface area contributed by atoms with Crippen LogP contribution in [0.5, 0.6) is 0 Å². The number of fused-ring (bicyclic) bond motifs is 3. The van der Waals surface area contributed by atoms with E-state index in [9.17, 15) is 0 Å². The fourth-order valence-corrected chi connectivity index (χ4v) is 2.35. The molecule has 0 saturated heterocycles. The molecule has 0 fully saturated rings. The zero-order valence-corrected chi connectivity index (χ0v) is 9.22. The number of ether oxygens (including phenoxy) is 1. The van der Waals surface area contributed by atoms with Gasteiger partial charge in [-0.3, -0.25) is 4.68 Å². The van der Waals surface area contributed by atoms with Crippen LogP contribution in [-0.4, -0.2) is 22.9 Å². The van der Waals surface area contributed by atoms with Crippen molar-refractivity contribution in [2.75, 3.05) is 13.2 Å². The molecule has 0 bridgehead atoms. The standard InChI is InChI=1S/C12H15N3O/c13-8-11-12-9-4-1-2-5-10(9)14-15(12)6-3-7-16-11/h1-2,4-5,11H,3,6-8,13H2/p+1. The lowest BCUT2D eigenvalue weighted by atomic mass is 10.1. The van der Waals surface area contributed by atoms with Crippen LogP contribution >= 0.6 is 0 Å². The summed E-state index contributed by atoms with van der Waals surface area (Å²) in [6, 6.07) is 8.24. The molecule has 0 saturated carbocycles. The van der Waals surface area contributed by atoms with Gasteiger partial charge < -0.3 is 10.5 Å². The first kappa shape index (κ1) is 9.81. The number of aryl methyl sites for hydroxylation is 1. The topological polar surface area (TPSA) is 54.7 Å². The first-order chi connectivity index (χ1) is 7.90. The van der Waals surface area contributed by atoms with Crippen LogP contribution in [0.2, 0.25) is 0 Å². The number of nitrogens with zero attached hydrogens (tertiary/aromatic N) is 2. The largest absolute Gasteiger partial charge is 0.366 e. The number of aromatic nitrogens is 2. The summed E-state index contributed by atoms with van der Waals surface area (Å²) < 4.78 is 7.91. The lowest BCUT2D eigenvalue weighted by molar-refractivity contribution is -0.387. The Morgan fingerprint density at radius 2 is 2.31 bits per heavy atom. The lowest BCUT2D eigenvalue weighted by Gasteiger charge is -2.11. The fourth-order valence-electron chi connectivity index (χ4n) is 2.35. The lowest BCUT2D eigenvalue weighted by Crippen LogP contribution is -2.53. The Balaban J connectivity index is 2.23. The van der Waals surface area contributed by atoms with Crippen molar-refractivity contribution >= 4 is 10.9 Å². The molecule has 1 aliphatic rings. The van der Waals surface area contributed by atoms with Gasteiger partial charge in [0.1, 0.15) is 12.6 Å². The zero-order valence-electron chi connectivity index (χ0n) is 9.22. The summed E-state index contributed by atoms with van der Waals surface area (Å²) >= 11 is 0. The van der Waals surface area contributed by atoms with Crippen LogP contribution in [0.1, 0.15) is 18.2 Å². The van der Waals surface area contributed by atoms with Gasteiger partial charge in [0.05, 0.1) is 11.2 Å². The summed E-state index contributed by atoms with van der Waals surface area (Å²) in [5.41, 5.74) is 6.22. The van der Waals surface area contributed by atoms with Crippen LogP contribution < -0.4 is 5.73 Å². The summed E-state index contributed by atoms with van der Waals surface area (Å²) in [4.78, 5) is 0. The van der Waals surface area contributed by atoms with Gasteiger partial charge in [-0.1, -0.05) is 18.2 Å². The molecular formula is C12H16N3O+. The molecule has 0 radical (unpaired) electrons. The first-order valence-electron chi connectivity index (χ1n) is 5.76. The highest BCUT2D eigenvalue weighted by atomic mass is 16.5. The van der Waals surface area contributed by atoms with Gasteiger partial charge in [-0.2, -0.15) is 5.10 Å². The van der Waals surface area contributed by atoms with E-state index in [1.165, 1.54) is 11.1 Å². The molecule has 4 nitrogen and oxygen atoms in total. The average Bonchev–Trinajstić information content (AvgIpc) is 2.56. The highest BCUT2D eigenvalue weighted by Gasteiger charge is 2.23. The minimum Gasteiger partial charge on any atom is -0.366 e. The smallest absolute Gasteiger partial charge is 0.148 e. The van der Waals surface area contributed by atoms with Crippen LogP contribution in [0.3, 0.4) is 0 Å². The maximum atomic E-state index is 5.82. The maximum absolute atomic E-state index is 5.82. The first-order valence-corrected chi connectivity index (χ1v) is 5.76. The normalized spacial score (nSPS) is 20.7. The van der Waals surface area contributed by atoms with E-state index in [2.05, 4.69) is 33.7 Å². The molecule has 1 atom stereocenters. The molecule has 2 heterocycles. The molecule has 0 aliphatic carbocycles. The molecular weight excluding hydrogens is 202 g/mol. The summed E-state index contributed by atoms with van der Waals surface area (Å²) in [6.45, 7) is 2.51. The predicted octanol–water partition coefficient (Wildman–Crippen LogP) is 0.740. The fraction of sp³-hybridized carbons (Fsp3) is 0.417. The van der Waals surface area contributed by atoms with Crippen molar-refractivity contribution < 1.29 is 10.5 Å². The third-order valence-electron chi connectivity index (χ3n) is 3.09. The third-order valence-corrected chi connectivity index (χ3v) is 3.09. The second-order valence-electron chi connectivity index (χ2n) is 4.13. The van der Waals surface area contributed by atoms with Crippen LogP contribution in [-0.2, 0) is 11.3 Å². The van der Waals surface area contributed by atoms with Crippen molar-refractivity contribution in [1.29, 1.82) is 0 Å². The van der Waals surface area contributed by atoms with Gasteiger partial charge in [0, 0.05) is 18.5 Å². The second kappa shape index (κ2) is 3.88. The number of quaternary nitrogens is 1. The molecule has 4 heteroatoms. The molecule has 1 aromatic carbocycles. The molecule has 16 heavy (non-hydrogen) atoms. The van der Waals surface area contributed by atoms with Gasteiger partial charge in [0.2, 0.25) is 0 Å². The Bertz CT molecular complexity index is 506. The predicted molar refractivity (Wildman–Crippen MR) is 60.8 cm³/mol. The molecule has 1 aromatic heterocycles. The van der Waals surface area contributed by atoms with E-state index in [1.807, 2.05) is 6.07 Å². The summed E-state index contributed by atoms with van der Waals surface area (Å²) in [6.07, 6.45) is 1.12. The Kier molecular flexibility index (Phi) is 2.38. The Morgan fingerprint density at radius 3 is 3.19 bits per heavy atom. The molecule has 3 N–H and O–H groups in total. The van der Waals surface area contributed by atoms with Crippen LogP contribution in [0.25, 0.3) is 10.9 Å². The average molecular weight is 218 g/mol. The Labute approximate surface area is 94.0 Å². The van der Waals surface area contributed by atoms with Crippen molar-refractivity contribution in [3.63, 3.8) is 0 Å². The van der Waals surface area contributed by atoms with E-state index in [0.717, 1.165) is 31.6 Å². The minimum atomic E-state index is 0.0925. The molecule has 0 amide bonds. The maximum Gasteiger partial charge on any atom is 0.148 e. The highest BCUT2D eigenvalue weighted by Crippen LogP contribution is 2.28.